The molecule has 0 N–H and O–H groups in total. The van der Waals surface area contributed by atoms with Crippen molar-refractivity contribution in [2.24, 2.45) is 0 Å². The second-order valence-corrected chi connectivity index (χ2v) is 8.40. The highest BCUT2D eigenvalue weighted by atomic mass is 32.2. The van der Waals surface area contributed by atoms with E-state index in [1.807, 2.05) is 24.3 Å². The fraction of sp³-hybridized carbons (Fsp3) is 0.130. The molecule has 0 saturated carbocycles. The van der Waals surface area contributed by atoms with E-state index in [-0.39, 0.29) is 0 Å². The van der Waals surface area contributed by atoms with Gasteiger partial charge in [0.15, 0.2) is 0 Å². The normalized spacial score (nSPS) is 12.2. The van der Waals surface area contributed by atoms with Crippen LogP contribution in [0, 0.1) is 0 Å². The molecule has 0 nitrogen and oxygen atoms in total. The van der Waals surface area contributed by atoms with Crippen LogP contribution in [0.25, 0.3) is 9.81 Å². The molecule has 0 bridgehead atoms. The molecular formula is C23H22S3. The number of benzene rings is 3. The van der Waals surface area contributed by atoms with Gasteiger partial charge in [-0.05, 0) is 41.3 Å². The highest BCUT2D eigenvalue weighted by Gasteiger charge is 2.13. The summed E-state index contributed by atoms with van der Waals surface area (Å²) in [4.78, 5) is 4.20. The lowest BCUT2D eigenvalue weighted by atomic mass is 10.00. The molecule has 0 aliphatic carbocycles. The van der Waals surface area contributed by atoms with Crippen molar-refractivity contribution in [3.05, 3.63) is 95.6 Å². The van der Waals surface area contributed by atoms with Gasteiger partial charge in [0.2, 0.25) is 0 Å². The van der Waals surface area contributed by atoms with E-state index in [4.69, 9.17) is 25.3 Å². The van der Waals surface area contributed by atoms with Gasteiger partial charge in [-0.1, -0.05) is 80.2 Å². The molecule has 0 radical (unpaired) electrons. The topological polar surface area (TPSA) is 0 Å². The SMILES string of the molecule is CC(C)c1ccc(Sc2ccccc2)c(/C(S)=C(/S)c2ccccc2)c1. The summed E-state index contributed by atoms with van der Waals surface area (Å²) >= 11 is 11.4. The van der Waals surface area contributed by atoms with Crippen LogP contribution in [-0.4, -0.2) is 0 Å². The van der Waals surface area contributed by atoms with Crippen molar-refractivity contribution in [1.29, 1.82) is 0 Å². The molecule has 3 rings (SSSR count). The maximum Gasteiger partial charge on any atom is 0.0264 e. The van der Waals surface area contributed by atoms with Gasteiger partial charge in [0.25, 0.3) is 0 Å². The quantitative estimate of drug-likeness (QED) is 0.331. The van der Waals surface area contributed by atoms with Gasteiger partial charge in [0, 0.05) is 25.2 Å². The third kappa shape index (κ3) is 4.59. The maximum absolute atomic E-state index is 4.87. The summed E-state index contributed by atoms with van der Waals surface area (Å²) in [5.74, 6) is 0.464. The first-order chi connectivity index (χ1) is 12.6. The van der Waals surface area contributed by atoms with Gasteiger partial charge in [0.1, 0.15) is 0 Å². The van der Waals surface area contributed by atoms with Crippen molar-refractivity contribution in [3.8, 4) is 0 Å². The van der Waals surface area contributed by atoms with E-state index < -0.39 is 0 Å². The van der Waals surface area contributed by atoms with Crippen LogP contribution < -0.4 is 0 Å². The monoisotopic (exact) mass is 394 g/mol. The first-order valence-corrected chi connectivity index (χ1v) is 10.3. The minimum Gasteiger partial charge on any atom is -0.142 e. The minimum atomic E-state index is 0.464. The molecule has 26 heavy (non-hydrogen) atoms. The van der Waals surface area contributed by atoms with Crippen molar-refractivity contribution in [3.63, 3.8) is 0 Å². The molecule has 0 aliphatic heterocycles. The Hall–Kier alpha value is -1.55. The van der Waals surface area contributed by atoms with Crippen LogP contribution in [0.5, 0.6) is 0 Å². The lowest BCUT2D eigenvalue weighted by molar-refractivity contribution is 0.864. The number of hydrogen-bond donors (Lipinski definition) is 2. The van der Waals surface area contributed by atoms with E-state index in [1.54, 1.807) is 11.8 Å². The fourth-order valence-electron chi connectivity index (χ4n) is 2.66. The molecule has 3 aromatic carbocycles. The predicted molar refractivity (Wildman–Crippen MR) is 122 cm³/mol. The zero-order chi connectivity index (χ0) is 18.5. The van der Waals surface area contributed by atoms with Gasteiger partial charge in [-0.2, -0.15) is 0 Å². The summed E-state index contributed by atoms with van der Waals surface area (Å²) in [6.45, 7) is 4.42. The molecule has 0 spiro atoms. The van der Waals surface area contributed by atoms with Gasteiger partial charge in [-0.15, -0.1) is 25.3 Å². The third-order valence-corrected chi connectivity index (χ3v) is 6.37. The van der Waals surface area contributed by atoms with Crippen LogP contribution in [0.1, 0.15) is 36.5 Å². The molecule has 0 atom stereocenters. The Morgan fingerprint density at radius 3 is 2.00 bits per heavy atom. The summed E-state index contributed by atoms with van der Waals surface area (Å²) in [6, 6.07) is 27.3. The first kappa shape index (κ1) is 19.2. The van der Waals surface area contributed by atoms with Crippen LogP contribution in [-0.2, 0) is 0 Å². The largest absolute Gasteiger partial charge is 0.142 e. The maximum atomic E-state index is 4.87. The van der Waals surface area contributed by atoms with Gasteiger partial charge >= 0.3 is 0 Å². The van der Waals surface area contributed by atoms with Crippen LogP contribution >= 0.6 is 37.0 Å². The molecular weight excluding hydrogens is 372 g/mol. The van der Waals surface area contributed by atoms with Gasteiger partial charge in [-0.3, -0.25) is 0 Å². The van der Waals surface area contributed by atoms with Crippen molar-refractivity contribution in [2.75, 3.05) is 0 Å². The molecule has 132 valence electrons. The molecule has 0 aromatic heterocycles. The lowest BCUT2D eigenvalue weighted by Gasteiger charge is -2.15. The van der Waals surface area contributed by atoms with Gasteiger partial charge < -0.3 is 0 Å². The Bertz CT molecular complexity index is 897. The molecule has 0 fully saturated rings. The molecule has 0 heterocycles. The standard InChI is InChI=1S/C23H22S3/c1-16(2)18-13-14-21(26-19-11-7-4-8-12-19)20(15-18)23(25)22(24)17-9-5-3-6-10-17/h3-16,24-25H,1-2H3/b23-22-. The molecule has 0 aliphatic rings. The van der Waals surface area contributed by atoms with Crippen molar-refractivity contribution in [2.45, 2.75) is 29.6 Å². The average Bonchev–Trinajstić information content (AvgIpc) is 2.68. The molecule has 0 saturated heterocycles. The molecule has 0 amide bonds. The molecule has 0 unspecified atom stereocenters. The number of rotatable bonds is 5. The Morgan fingerprint density at radius 2 is 1.38 bits per heavy atom. The highest BCUT2D eigenvalue weighted by molar-refractivity contribution is 8.00. The number of thiol groups is 2. The summed E-state index contributed by atoms with van der Waals surface area (Å²) in [6.07, 6.45) is 0. The Balaban J connectivity index is 2.09. The fourth-order valence-corrected chi connectivity index (χ4v) is 4.27. The van der Waals surface area contributed by atoms with Crippen LogP contribution in [0.15, 0.2) is 88.7 Å². The van der Waals surface area contributed by atoms with Crippen molar-refractivity contribution < 1.29 is 0 Å². The summed E-state index contributed by atoms with van der Waals surface area (Å²) in [5.41, 5.74) is 3.51. The van der Waals surface area contributed by atoms with E-state index >= 15 is 0 Å². The number of hydrogen-bond acceptors (Lipinski definition) is 3. The summed E-state index contributed by atoms with van der Waals surface area (Å²) in [5, 5.41) is 0. The van der Waals surface area contributed by atoms with E-state index in [0.29, 0.717) is 5.92 Å². The zero-order valence-electron chi connectivity index (χ0n) is 14.9. The van der Waals surface area contributed by atoms with E-state index in [2.05, 4.69) is 68.4 Å². The predicted octanol–water partition coefficient (Wildman–Crippen LogP) is 7.65. The summed E-state index contributed by atoms with van der Waals surface area (Å²) in [7, 11) is 0. The van der Waals surface area contributed by atoms with Gasteiger partial charge in [0.05, 0.1) is 0 Å². The van der Waals surface area contributed by atoms with E-state index in [1.165, 1.54) is 15.4 Å². The molecule has 3 aromatic rings. The Labute approximate surface area is 171 Å². The van der Waals surface area contributed by atoms with Crippen LogP contribution in [0.3, 0.4) is 0 Å². The minimum absolute atomic E-state index is 0.464. The lowest BCUT2D eigenvalue weighted by Crippen LogP contribution is -1.93. The second-order valence-electron chi connectivity index (χ2n) is 6.39. The van der Waals surface area contributed by atoms with Crippen molar-refractivity contribution in [1.82, 2.24) is 0 Å². The Morgan fingerprint density at radius 1 is 0.769 bits per heavy atom. The average molecular weight is 395 g/mol. The third-order valence-electron chi connectivity index (χ3n) is 4.17. The smallest absolute Gasteiger partial charge is 0.0264 e. The van der Waals surface area contributed by atoms with Crippen LogP contribution in [0.4, 0.5) is 0 Å². The van der Waals surface area contributed by atoms with Gasteiger partial charge in [-0.25, -0.2) is 0 Å². The molecule has 3 heteroatoms. The van der Waals surface area contributed by atoms with E-state index in [9.17, 15) is 0 Å². The second kappa shape index (κ2) is 8.90. The zero-order valence-corrected chi connectivity index (χ0v) is 17.5. The van der Waals surface area contributed by atoms with Crippen LogP contribution in [0.2, 0.25) is 0 Å². The Kier molecular flexibility index (Phi) is 6.58. The highest BCUT2D eigenvalue weighted by Crippen LogP contribution is 2.40. The van der Waals surface area contributed by atoms with Crippen molar-refractivity contribution >= 4 is 46.8 Å². The van der Waals surface area contributed by atoms with E-state index in [0.717, 1.165) is 20.9 Å². The first-order valence-electron chi connectivity index (χ1n) is 8.61. The summed E-state index contributed by atoms with van der Waals surface area (Å²) < 4.78 is 0.